The van der Waals surface area contributed by atoms with Gasteiger partial charge in [-0.3, -0.25) is 0 Å². The molecule has 0 saturated heterocycles. The number of thioether (sulfide) groups is 1. The van der Waals surface area contributed by atoms with Crippen LogP contribution in [0.1, 0.15) is 18.1 Å². The molecule has 0 radical (unpaired) electrons. The van der Waals surface area contributed by atoms with Crippen LogP contribution in [-0.4, -0.2) is 38.3 Å². The molecule has 7 heteroatoms. The van der Waals surface area contributed by atoms with Gasteiger partial charge in [-0.25, -0.2) is 0 Å². The summed E-state index contributed by atoms with van der Waals surface area (Å²) in [7, 11) is 1.60. The van der Waals surface area contributed by atoms with Crippen molar-refractivity contribution in [3.05, 3.63) is 59.7 Å². The molecule has 0 fully saturated rings. The summed E-state index contributed by atoms with van der Waals surface area (Å²) in [5.74, 6) is 2.05. The lowest BCUT2D eigenvalue weighted by Crippen LogP contribution is -2.07. The highest BCUT2D eigenvalue weighted by atomic mass is 32.2. The summed E-state index contributed by atoms with van der Waals surface area (Å²) < 4.78 is 16.3. The van der Waals surface area contributed by atoms with E-state index < -0.39 is 0 Å². The Labute approximate surface area is 164 Å². The van der Waals surface area contributed by atoms with Crippen LogP contribution in [0.5, 0.6) is 11.5 Å². The Balaban J connectivity index is 1.92. The molecule has 27 heavy (non-hydrogen) atoms. The molecule has 0 aromatic heterocycles. The monoisotopic (exact) mass is 387 g/mol. The second-order valence-electron chi connectivity index (χ2n) is 5.41. The average Bonchev–Trinajstić information content (AvgIpc) is 2.70. The van der Waals surface area contributed by atoms with Gasteiger partial charge in [-0.15, -0.1) is 5.10 Å². The summed E-state index contributed by atoms with van der Waals surface area (Å²) in [6, 6.07) is 15.6. The van der Waals surface area contributed by atoms with Gasteiger partial charge in [0.15, 0.2) is 16.7 Å². The fourth-order valence-electron chi connectivity index (χ4n) is 2.15. The molecule has 0 saturated carbocycles. The number of hydrogen-bond donors (Lipinski definition) is 1. The standard InChI is InChI=1S/C20H25N3O3S/c1-3-25-11-12-26-19-13-17(9-10-18(19)24-2)14-22-23-20(21)27-15-16-7-5-4-6-8-16/h4-10,13-14H,3,11-12,15H2,1-2H3,(H2,21,23). The van der Waals surface area contributed by atoms with E-state index >= 15 is 0 Å². The van der Waals surface area contributed by atoms with Gasteiger partial charge in [0, 0.05) is 12.4 Å². The SMILES string of the molecule is CCOCCOc1cc(C=NN=C(N)SCc2ccccc2)ccc1OC. The van der Waals surface area contributed by atoms with E-state index in [0.29, 0.717) is 36.5 Å². The minimum atomic E-state index is 0.414. The van der Waals surface area contributed by atoms with E-state index in [0.717, 1.165) is 11.3 Å². The largest absolute Gasteiger partial charge is 0.493 e. The van der Waals surface area contributed by atoms with Gasteiger partial charge < -0.3 is 19.9 Å². The average molecular weight is 388 g/mol. The number of nitrogens with zero attached hydrogens (tertiary/aromatic N) is 2. The predicted molar refractivity (Wildman–Crippen MR) is 112 cm³/mol. The molecule has 2 aromatic carbocycles. The number of amidine groups is 1. The minimum Gasteiger partial charge on any atom is -0.493 e. The van der Waals surface area contributed by atoms with Crippen molar-refractivity contribution >= 4 is 23.1 Å². The molecule has 144 valence electrons. The number of rotatable bonds is 10. The second kappa shape index (κ2) is 12.0. The number of hydrogen-bond acceptors (Lipinski definition) is 6. The van der Waals surface area contributed by atoms with Gasteiger partial charge in [0.05, 0.1) is 19.9 Å². The van der Waals surface area contributed by atoms with E-state index in [4.69, 9.17) is 19.9 Å². The van der Waals surface area contributed by atoms with Gasteiger partial charge in [-0.2, -0.15) is 5.10 Å². The molecule has 0 aliphatic heterocycles. The van der Waals surface area contributed by atoms with Crippen LogP contribution >= 0.6 is 11.8 Å². The summed E-state index contributed by atoms with van der Waals surface area (Å²) in [5.41, 5.74) is 7.92. The Bertz CT molecular complexity index is 751. The molecule has 0 bridgehead atoms. The molecule has 6 nitrogen and oxygen atoms in total. The summed E-state index contributed by atoms with van der Waals surface area (Å²) >= 11 is 1.45. The van der Waals surface area contributed by atoms with E-state index in [1.54, 1.807) is 13.3 Å². The van der Waals surface area contributed by atoms with Crippen molar-refractivity contribution < 1.29 is 14.2 Å². The quantitative estimate of drug-likeness (QED) is 0.291. The van der Waals surface area contributed by atoms with E-state index in [9.17, 15) is 0 Å². The van der Waals surface area contributed by atoms with Crippen molar-refractivity contribution in [1.29, 1.82) is 0 Å². The lowest BCUT2D eigenvalue weighted by Gasteiger charge is -2.11. The molecule has 2 rings (SSSR count). The third-order valence-corrected chi connectivity index (χ3v) is 4.32. The van der Waals surface area contributed by atoms with Crippen LogP contribution in [0.4, 0.5) is 0 Å². The third kappa shape index (κ3) is 7.72. The topological polar surface area (TPSA) is 78.4 Å². The lowest BCUT2D eigenvalue weighted by atomic mass is 10.2. The highest BCUT2D eigenvalue weighted by Gasteiger charge is 2.05. The molecule has 2 N–H and O–H groups in total. The summed E-state index contributed by atoms with van der Waals surface area (Å²) in [6.07, 6.45) is 1.63. The zero-order chi connectivity index (χ0) is 19.3. The van der Waals surface area contributed by atoms with Crippen LogP contribution in [0.3, 0.4) is 0 Å². The van der Waals surface area contributed by atoms with Crippen molar-refractivity contribution in [2.24, 2.45) is 15.9 Å². The first-order chi connectivity index (χ1) is 13.2. The Kier molecular flexibility index (Phi) is 9.23. The minimum absolute atomic E-state index is 0.414. The molecular weight excluding hydrogens is 362 g/mol. The summed E-state index contributed by atoms with van der Waals surface area (Å²) in [5, 5.41) is 8.50. The van der Waals surface area contributed by atoms with Gasteiger partial charge >= 0.3 is 0 Å². The lowest BCUT2D eigenvalue weighted by molar-refractivity contribution is 0.109. The highest BCUT2D eigenvalue weighted by molar-refractivity contribution is 8.13. The van der Waals surface area contributed by atoms with E-state index in [2.05, 4.69) is 10.2 Å². The molecule has 0 aliphatic carbocycles. The van der Waals surface area contributed by atoms with Crippen LogP contribution in [0, 0.1) is 0 Å². The van der Waals surface area contributed by atoms with Crippen molar-refractivity contribution in [2.75, 3.05) is 26.9 Å². The first-order valence-electron chi connectivity index (χ1n) is 8.64. The molecular formula is C20H25N3O3S. The van der Waals surface area contributed by atoms with E-state index in [1.807, 2.05) is 55.5 Å². The number of nitrogens with two attached hydrogens (primary N) is 1. The summed E-state index contributed by atoms with van der Waals surface area (Å²) in [6.45, 7) is 3.58. The van der Waals surface area contributed by atoms with Crippen molar-refractivity contribution in [2.45, 2.75) is 12.7 Å². The smallest absolute Gasteiger partial charge is 0.180 e. The van der Waals surface area contributed by atoms with Crippen molar-refractivity contribution in [3.63, 3.8) is 0 Å². The Hall–Kier alpha value is -2.51. The highest BCUT2D eigenvalue weighted by Crippen LogP contribution is 2.27. The fraction of sp³-hybridized carbons (Fsp3) is 0.300. The maximum atomic E-state index is 5.90. The maximum absolute atomic E-state index is 5.90. The zero-order valence-electron chi connectivity index (χ0n) is 15.6. The van der Waals surface area contributed by atoms with Crippen molar-refractivity contribution in [3.8, 4) is 11.5 Å². The first kappa shape index (κ1) is 20.8. The number of methoxy groups -OCH3 is 1. The molecule has 0 aliphatic rings. The molecule has 0 amide bonds. The Morgan fingerprint density at radius 3 is 2.67 bits per heavy atom. The Morgan fingerprint density at radius 1 is 1.11 bits per heavy atom. The van der Waals surface area contributed by atoms with Crippen molar-refractivity contribution in [1.82, 2.24) is 0 Å². The van der Waals surface area contributed by atoms with Crippen LogP contribution in [-0.2, 0) is 10.5 Å². The maximum Gasteiger partial charge on any atom is 0.180 e. The van der Waals surface area contributed by atoms with Crippen LogP contribution in [0.25, 0.3) is 0 Å². The predicted octanol–water partition coefficient (Wildman–Crippen LogP) is 3.69. The molecule has 0 spiro atoms. The van der Waals surface area contributed by atoms with E-state index in [-0.39, 0.29) is 0 Å². The third-order valence-electron chi connectivity index (χ3n) is 3.47. The number of benzene rings is 2. The van der Waals surface area contributed by atoms with Gasteiger partial charge in [-0.05, 0) is 36.2 Å². The fourth-order valence-corrected chi connectivity index (χ4v) is 2.77. The van der Waals surface area contributed by atoms with Gasteiger partial charge in [-0.1, -0.05) is 42.1 Å². The summed E-state index contributed by atoms with van der Waals surface area (Å²) in [4.78, 5) is 0. The normalized spacial score (nSPS) is 11.7. The van der Waals surface area contributed by atoms with Crippen LogP contribution in [0.15, 0.2) is 58.7 Å². The first-order valence-corrected chi connectivity index (χ1v) is 9.63. The molecule has 0 atom stereocenters. The van der Waals surface area contributed by atoms with Gasteiger partial charge in [0.1, 0.15) is 6.61 Å². The Morgan fingerprint density at radius 2 is 1.93 bits per heavy atom. The van der Waals surface area contributed by atoms with Gasteiger partial charge in [0.25, 0.3) is 0 Å². The number of ether oxygens (including phenoxy) is 3. The van der Waals surface area contributed by atoms with Crippen LogP contribution < -0.4 is 15.2 Å². The van der Waals surface area contributed by atoms with Crippen LogP contribution in [0.2, 0.25) is 0 Å². The molecule has 0 unspecified atom stereocenters. The van der Waals surface area contributed by atoms with E-state index in [1.165, 1.54) is 17.3 Å². The van der Waals surface area contributed by atoms with Gasteiger partial charge in [0.2, 0.25) is 0 Å². The molecule has 0 heterocycles. The zero-order valence-corrected chi connectivity index (χ0v) is 16.4. The second-order valence-corrected chi connectivity index (χ2v) is 6.41. The molecule has 2 aromatic rings.